The van der Waals surface area contributed by atoms with E-state index in [4.69, 9.17) is 69.8 Å². The lowest BCUT2D eigenvalue weighted by Gasteiger charge is -2.22. The summed E-state index contributed by atoms with van der Waals surface area (Å²) in [6.07, 6.45) is 5.89. The van der Waals surface area contributed by atoms with Crippen molar-refractivity contribution < 1.29 is 33.0 Å². The molecule has 21 heteroatoms. The quantitative estimate of drug-likeness (QED) is 0.124. The molecular weight excluding hydrogens is 946 g/mol. The minimum absolute atomic E-state index is 0.0552. The molecule has 4 unspecified atom stereocenters. The van der Waals surface area contributed by atoms with E-state index in [2.05, 4.69) is 47.4 Å². The van der Waals surface area contributed by atoms with Gasteiger partial charge in [-0.25, -0.2) is 9.97 Å². The summed E-state index contributed by atoms with van der Waals surface area (Å²) < 4.78 is 23.9. The number of aliphatic carboxylic acids is 1. The lowest BCUT2D eigenvalue weighted by Crippen LogP contribution is -2.35. The summed E-state index contributed by atoms with van der Waals surface area (Å²) in [5.74, 6) is 3.82. The number of nitrogens with one attached hydrogen (secondary N) is 1. The maximum Gasteiger partial charge on any atom is 0.325 e. The minimum Gasteiger partial charge on any atom is -0.495 e. The van der Waals surface area contributed by atoms with Crippen LogP contribution in [0.15, 0.2) is 70.2 Å². The van der Waals surface area contributed by atoms with Gasteiger partial charge < -0.3 is 33.6 Å². The summed E-state index contributed by atoms with van der Waals surface area (Å²) in [6, 6.07) is 12.0. The van der Waals surface area contributed by atoms with Gasteiger partial charge in [-0.2, -0.15) is 10.2 Å². The molecule has 8 heterocycles. The molecule has 0 radical (unpaired) electrons. The monoisotopic (exact) mass is 996 g/mol. The molecule has 4 fully saturated rings. The SMILES string of the molecule is COc1cc(CN2CC3CN(C(=O)Cn4nc(-c5ncco5)c(Cl)c4C)CC3C2)ccc1Cl.COc1cc(CN2CC3CNCC3C2)ccc1Cl.Cc1c(Cl)c(-c2ncco2)nn1CC(=O)O. The Bertz CT molecular complexity index is 2630. The highest BCUT2D eigenvalue weighted by Crippen LogP contribution is 2.35. The van der Waals surface area contributed by atoms with Gasteiger partial charge in [-0.15, -0.1) is 0 Å². The second-order valence-electron chi connectivity index (χ2n) is 17.2. The first-order valence-corrected chi connectivity index (χ1v) is 23.3. The fourth-order valence-corrected chi connectivity index (χ4v) is 10.1. The van der Waals surface area contributed by atoms with Gasteiger partial charge in [0, 0.05) is 52.4 Å². The van der Waals surface area contributed by atoms with Gasteiger partial charge in [0.25, 0.3) is 0 Å². The van der Waals surface area contributed by atoms with Crippen molar-refractivity contribution in [2.24, 2.45) is 23.7 Å². The zero-order valence-corrected chi connectivity index (χ0v) is 40.5. The molecule has 10 rings (SSSR count). The third-order valence-electron chi connectivity index (χ3n) is 12.7. The standard InChI is InChI=1S/C23H25Cl2N5O3.C14H19ClN2O.C9H8ClN3O3/c1-14-21(25)22(23-26-5-6-33-23)27-30(14)13-20(31)29-11-16-9-28(10-17(16)12-29)8-15-3-4-18(24)19(7-15)32-2;1-18-14-4-10(2-3-13(14)15)7-17-8-11-5-16-6-12(11)9-17;1-5-7(10)8(9-11-2-3-16-9)12-13(5)4-6(14)15/h3-7,16-17H,8-13H2,1-2H3;2-4,11-12,16H,5-9H2,1H3;2-3H,4H2,1H3,(H,14,15). The average molecular weight is 999 g/mol. The lowest BCUT2D eigenvalue weighted by atomic mass is 10.0. The lowest BCUT2D eigenvalue weighted by molar-refractivity contribution is -0.138. The Morgan fingerprint density at radius 1 is 0.687 bits per heavy atom. The molecule has 17 nitrogen and oxygen atoms in total. The van der Waals surface area contributed by atoms with E-state index in [1.165, 1.54) is 60.7 Å². The maximum absolute atomic E-state index is 13.0. The molecule has 1 amide bonds. The highest BCUT2D eigenvalue weighted by molar-refractivity contribution is 6.34. The van der Waals surface area contributed by atoms with E-state index in [0.29, 0.717) is 60.6 Å². The van der Waals surface area contributed by atoms with Crippen molar-refractivity contribution >= 4 is 58.3 Å². The highest BCUT2D eigenvalue weighted by Gasteiger charge is 2.42. The molecular formula is C46H52Cl4N10O7. The van der Waals surface area contributed by atoms with Crippen molar-refractivity contribution in [1.29, 1.82) is 0 Å². The number of amides is 1. The number of fused-ring (bicyclic) bond motifs is 2. The first kappa shape index (κ1) is 48.3. The number of carboxylic acids is 1. The Morgan fingerprint density at radius 3 is 1.55 bits per heavy atom. The van der Waals surface area contributed by atoms with Crippen LogP contribution in [0, 0.1) is 37.5 Å². The average Bonchev–Trinajstić information content (AvgIpc) is 4.17. The van der Waals surface area contributed by atoms with Crippen LogP contribution in [0.1, 0.15) is 22.5 Å². The van der Waals surface area contributed by atoms with Crippen molar-refractivity contribution in [3.63, 3.8) is 0 Å². The third-order valence-corrected chi connectivity index (χ3v) is 14.3. The van der Waals surface area contributed by atoms with E-state index in [1.54, 1.807) is 32.0 Å². The Morgan fingerprint density at radius 2 is 1.13 bits per heavy atom. The summed E-state index contributed by atoms with van der Waals surface area (Å²) in [5, 5.41) is 22.8. The number of methoxy groups -OCH3 is 2. The van der Waals surface area contributed by atoms with Gasteiger partial charge in [0.1, 0.15) is 37.1 Å². The fourth-order valence-electron chi connectivity index (χ4n) is 9.29. The number of carbonyl (C=O) groups excluding carboxylic acids is 1. The summed E-state index contributed by atoms with van der Waals surface area (Å²) in [7, 11) is 3.29. The molecule has 2 aromatic carbocycles. The zero-order valence-electron chi connectivity index (χ0n) is 37.5. The smallest absolute Gasteiger partial charge is 0.325 e. The molecule has 6 aromatic rings. The van der Waals surface area contributed by atoms with Crippen molar-refractivity contribution in [3.05, 3.63) is 104 Å². The predicted molar refractivity (Wildman–Crippen MR) is 253 cm³/mol. The molecule has 0 aliphatic carbocycles. The Balaban J connectivity index is 0.000000150. The van der Waals surface area contributed by atoms with Gasteiger partial charge in [-0.1, -0.05) is 58.5 Å². The number of nitrogens with zero attached hydrogens (tertiary/aromatic N) is 9. The molecule has 0 spiro atoms. The van der Waals surface area contributed by atoms with Crippen LogP contribution in [0.2, 0.25) is 20.1 Å². The molecule has 67 heavy (non-hydrogen) atoms. The minimum atomic E-state index is -0.985. The number of oxazole rings is 2. The summed E-state index contributed by atoms with van der Waals surface area (Å²) >= 11 is 24.6. The van der Waals surface area contributed by atoms with Crippen LogP contribution in [0.4, 0.5) is 0 Å². The van der Waals surface area contributed by atoms with Crippen LogP contribution < -0.4 is 14.8 Å². The molecule has 4 aromatic heterocycles. The third kappa shape index (κ3) is 11.3. The summed E-state index contributed by atoms with van der Waals surface area (Å²) in [4.78, 5) is 38.6. The number of ether oxygens (including phenoxy) is 2. The van der Waals surface area contributed by atoms with E-state index in [-0.39, 0.29) is 24.9 Å². The molecule has 356 valence electrons. The highest BCUT2D eigenvalue weighted by atomic mass is 35.5. The van der Waals surface area contributed by atoms with Gasteiger partial charge in [-0.05, 0) is 86.0 Å². The van der Waals surface area contributed by atoms with Gasteiger partial charge >= 0.3 is 5.97 Å². The van der Waals surface area contributed by atoms with Crippen molar-refractivity contribution in [2.45, 2.75) is 40.0 Å². The molecule has 4 atom stereocenters. The van der Waals surface area contributed by atoms with E-state index in [0.717, 1.165) is 62.5 Å². The van der Waals surface area contributed by atoms with Crippen LogP contribution in [-0.2, 0) is 35.8 Å². The van der Waals surface area contributed by atoms with Gasteiger partial charge in [0.15, 0.2) is 11.4 Å². The van der Waals surface area contributed by atoms with Crippen LogP contribution >= 0.6 is 46.4 Å². The van der Waals surface area contributed by atoms with Crippen molar-refractivity contribution in [2.75, 3.05) is 66.6 Å². The zero-order chi connectivity index (χ0) is 47.4. The van der Waals surface area contributed by atoms with Crippen LogP contribution in [0.5, 0.6) is 11.5 Å². The number of carbonyl (C=O) groups is 2. The van der Waals surface area contributed by atoms with Gasteiger partial charge in [0.05, 0.1) is 58.1 Å². The number of likely N-dealkylation sites (tertiary alicyclic amines) is 3. The number of benzene rings is 2. The summed E-state index contributed by atoms with van der Waals surface area (Å²) in [6.45, 7) is 13.6. The molecule has 2 N–H and O–H groups in total. The Kier molecular flexibility index (Phi) is 15.5. The molecule has 0 bridgehead atoms. The molecule has 4 aliphatic heterocycles. The first-order valence-electron chi connectivity index (χ1n) is 21.8. The Hall–Kier alpha value is -5.14. The Labute approximate surface area is 407 Å². The van der Waals surface area contributed by atoms with E-state index < -0.39 is 5.97 Å². The van der Waals surface area contributed by atoms with Crippen LogP contribution in [-0.4, -0.2) is 128 Å². The molecule has 4 saturated heterocycles. The number of hydrogen-bond donors (Lipinski definition) is 2. The maximum atomic E-state index is 13.0. The van der Waals surface area contributed by atoms with Crippen LogP contribution in [0.3, 0.4) is 0 Å². The number of aromatic nitrogens is 6. The van der Waals surface area contributed by atoms with E-state index >= 15 is 0 Å². The topological polar surface area (TPSA) is 182 Å². The first-order chi connectivity index (χ1) is 32.3. The largest absolute Gasteiger partial charge is 0.495 e. The van der Waals surface area contributed by atoms with Crippen molar-refractivity contribution in [1.82, 2.24) is 49.5 Å². The molecule has 4 aliphatic rings. The number of rotatable bonds is 12. The van der Waals surface area contributed by atoms with Crippen molar-refractivity contribution in [3.8, 4) is 34.7 Å². The second-order valence-corrected chi connectivity index (χ2v) is 18.8. The number of hydrogen-bond acceptors (Lipinski definition) is 13. The van der Waals surface area contributed by atoms with Crippen LogP contribution in [0.25, 0.3) is 23.2 Å². The van der Waals surface area contributed by atoms with E-state index in [9.17, 15) is 9.59 Å². The second kappa shape index (κ2) is 21.4. The fraction of sp³-hybridized carbons (Fsp3) is 0.435. The van der Waals surface area contributed by atoms with E-state index in [1.807, 2.05) is 36.1 Å². The predicted octanol–water partition coefficient (Wildman–Crippen LogP) is 7.34. The molecule has 0 saturated carbocycles. The number of carboxylic acid groups (broad SMARTS) is 1. The number of halogens is 4. The summed E-state index contributed by atoms with van der Waals surface area (Å²) in [5.41, 5.74) is 4.56. The normalized spacial score (nSPS) is 20.0. The van der Waals surface area contributed by atoms with Gasteiger partial charge in [0.2, 0.25) is 17.7 Å². The van der Waals surface area contributed by atoms with Gasteiger partial charge in [-0.3, -0.25) is 28.8 Å².